The van der Waals surface area contributed by atoms with Crippen molar-refractivity contribution in [2.75, 3.05) is 12.1 Å². The average Bonchev–Trinajstić information content (AvgIpc) is 3.05. The largest absolute Gasteiger partial charge is 0.500 e. The number of benzene rings is 2. The number of carboxylic acids is 1. The molecule has 0 fully saturated rings. The minimum atomic E-state index is -5.05. The maximum absolute atomic E-state index is 13.6. The Kier molecular flexibility index (Phi) is 5.58. The number of rotatable bonds is 5. The van der Waals surface area contributed by atoms with Crippen molar-refractivity contribution in [3.63, 3.8) is 0 Å². The standard InChI is InChI=1S/C19H12F3N3O7/c1-32-14-8-9(7-13(15(14)26)25(30)31)6-12-16(19(20,21)22)23-24(17(12)27)11-4-2-10(3-5-11)18(28)29/h2-8,26H,1H3,(H,28,29). The molecule has 0 aromatic heterocycles. The van der Waals surface area contributed by atoms with E-state index in [1.807, 2.05) is 0 Å². The summed E-state index contributed by atoms with van der Waals surface area (Å²) in [6, 6.07) is 6.18. The Morgan fingerprint density at radius 2 is 1.88 bits per heavy atom. The minimum absolute atomic E-state index is 0.126. The van der Waals surface area contributed by atoms with Gasteiger partial charge in [-0.3, -0.25) is 14.9 Å². The third-order valence-electron chi connectivity index (χ3n) is 4.31. The average molecular weight is 451 g/mol. The van der Waals surface area contributed by atoms with Crippen molar-refractivity contribution in [2.45, 2.75) is 6.18 Å². The highest BCUT2D eigenvalue weighted by Crippen LogP contribution is 2.39. The third-order valence-corrected chi connectivity index (χ3v) is 4.31. The number of halogens is 3. The van der Waals surface area contributed by atoms with Crippen LogP contribution in [-0.4, -0.2) is 46.0 Å². The Labute approximate surface area is 176 Å². The molecule has 0 unspecified atom stereocenters. The number of carbonyl (C=O) groups excluding carboxylic acids is 1. The van der Waals surface area contributed by atoms with Crippen molar-refractivity contribution in [3.8, 4) is 11.5 Å². The molecule has 32 heavy (non-hydrogen) atoms. The molecule has 2 N–H and O–H groups in total. The predicted octanol–water partition coefficient (Wildman–Crippen LogP) is 3.36. The lowest BCUT2D eigenvalue weighted by atomic mass is 10.0. The van der Waals surface area contributed by atoms with E-state index >= 15 is 0 Å². The number of nitro groups is 1. The van der Waals surface area contributed by atoms with E-state index in [1.54, 1.807) is 0 Å². The van der Waals surface area contributed by atoms with E-state index in [9.17, 15) is 38.0 Å². The molecule has 0 saturated heterocycles. The van der Waals surface area contributed by atoms with Gasteiger partial charge in [0.2, 0.25) is 5.75 Å². The fraction of sp³-hybridized carbons (Fsp3) is 0.105. The first-order chi connectivity index (χ1) is 14.9. The van der Waals surface area contributed by atoms with Crippen LogP contribution in [0.3, 0.4) is 0 Å². The minimum Gasteiger partial charge on any atom is -0.500 e. The summed E-state index contributed by atoms with van der Waals surface area (Å²) in [6.45, 7) is 0. The van der Waals surface area contributed by atoms with Crippen LogP contribution in [0.5, 0.6) is 11.5 Å². The molecule has 0 spiro atoms. The number of hydrogen-bond acceptors (Lipinski definition) is 7. The predicted molar refractivity (Wildman–Crippen MR) is 104 cm³/mol. The molecule has 2 aromatic rings. The van der Waals surface area contributed by atoms with Crippen molar-refractivity contribution in [1.82, 2.24) is 0 Å². The molecular weight excluding hydrogens is 439 g/mol. The number of carbonyl (C=O) groups is 2. The number of phenols is 1. The van der Waals surface area contributed by atoms with Gasteiger partial charge >= 0.3 is 17.8 Å². The van der Waals surface area contributed by atoms with Crippen molar-refractivity contribution in [1.29, 1.82) is 0 Å². The molecule has 1 aliphatic rings. The normalized spacial score (nSPS) is 15.1. The Morgan fingerprint density at radius 3 is 2.38 bits per heavy atom. The monoisotopic (exact) mass is 451 g/mol. The highest BCUT2D eigenvalue weighted by atomic mass is 19.4. The molecule has 10 nitrogen and oxygen atoms in total. The Balaban J connectivity index is 2.12. The van der Waals surface area contributed by atoms with E-state index in [1.165, 1.54) is 0 Å². The first kappa shape index (κ1) is 22.3. The number of nitro benzene ring substituents is 1. The van der Waals surface area contributed by atoms with Crippen LogP contribution in [0.25, 0.3) is 6.08 Å². The first-order valence-corrected chi connectivity index (χ1v) is 8.55. The molecule has 0 aliphatic carbocycles. The van der Waals surface area contributed by atoms with Gasteiger partial charge < -0.3 is 14.9 Å². The van der Waals surface area contributed by atoms with Crippen molar-refractivity contribution in [3.05, 3.63) is 63.2 Å². The lowest BCUT2D eigenvalue weighted by Gasteiger charge is -2.11. The number of anilines is 1. The van der Waals surface area contributed by atoms with Gasteiger partial charge in [-0.2, -0.15) is 23.3 Å². The number of nitrogens with zero attached hydrogens (tertiary/aromatic N) is 3. The molecule has 166 valence electrons. The molecule has 13 heteroatoms. The van der Waals surface area contributed by atoms with Gasteiger partial charge in [-0.25, -0.2) is 4.79 Å². The number of aromatic carboxylic acids is 1. The zero-order valence-electron chi connectivity index (χ0n) is 16.0. The van der Waals surface area contributed by atoms with Crippen LogP contribution in [-0.2, 0) is 4.79 Å². The van der Waals surface area contributed by atoms with Crippen molar-refractivity contribution < 1.29 is 42.6 Å². The van der Waals surface area contributed by atoms with Crippen LogP contribution >= 0.6 is 0 Å². The highest BCUT2D eigenvalue weighted by Gasteiger charge is 2.47. The van der Waals surface area contributed by atoms with Crippen LogP contribution in [0.15, 0.2) is 47.1 Å². The molecule has 0 bridgehead atoms. The summed E-state index contributed by atoms with van der Waals surface area (Å²) < 4.78 is 45.5. The maximum atomic E-state index is 13.6. The van der Waals surface area contributed by atoms with Gasteiger partial charge in [-0.05, 0) is 42.0 Å². The summed E-state index contributed by atoms with van der Waals surface area (Å²) in [5, 5.41) is 33.6. The highest BCUT2D eigenvalue weighted by molar-refractivity contribution is 6.34. The second-order valence-electron chi connectivity index (χ2n) is 6.32. The van der Waals surface area contributed by atoms with Gasteiger partial charge in [0.1, 0.15) is 0 Å². The molecule has 3 rings (SSSR count). The van der Waals surface area contributed by atoms with Crippen molar-refractivity contribution in [2.24, 2.45) is 5.10 Å². The lowest BCUT2D eigenvalue weighted by molar-refractivity contribution is -0.386. The summed E-state index contributed by atoms with van der Waals surface area (Å²) >= 11 is 0. The third kappa shape index (κ3) is 4.08. The van der Waals surface area contributed by atoms with Gasteiger partial charge in [0, 0.05) is 6.07 Å². The first-order valence-electron chi connectivity index (χ1n) is 8.55. The number of ether oxygens (including phenoxy) is 1. The lowest BCUT2D eigenvalue weighted by Crippen LogP contribution is -2.25. The van der Waals surface area contributed by atoms with Crippen LogP contribution in [0.1, 0.15) is 15.9 Å². The maximum Gasteiger partial charge on any atom is 0.435 e. The fourth-order valence-corrected chi connectivity index (χ4v) is 2.83. The van der Waals surface area contributed by atoms with E-state index in [0.29, 0.717) is 5.01 Å². The zero-order chi connectivity index (χ0) is 23.8. The van der Waals surface area contributed by atoms with Crippen LogP contribution < -0.4 is 9.75 Å². The fourth-order valence-electron chi connectivity index (χ4n) is 2.83. The second-order valence-corrected chi connectivity index (χ2v) is 6.32. The SMILES string of the molecule is COc1cc(C=C2C(=O)N(c3ccc(C(=O)O)cc3)N=C2C(F)(F)F)cc([N+](=O)[O-])c1O. The van der Waals surface area contributed by atoms with Gasteiger partial charge in [-0.15, -0.1) is 0 Å². The van der Waals surface area contributed by atoms with Crippen LogP contribution in [0.4, 0.5) is 24.5 Å². The quantitative estimate of drug-likeness (QED) is 0.403. The van der Waals surface area contributed by atoms with E-state index in [0.717, 1.165) is 49.6 Å². The molecule has 0 radical (unpaired) electrons. The zero-order valence-corrected chi connectivity index (χ0v) is 16.0. The topological polar surface area (TPSA) is 143 Å². The van der Waals surface area contributed by atoms with Crippen LogP contribution in [0, 0.1) is 10.1 Å². The number of amides is 1. The molecular formula is C19H12F3N3O7. The Hall–Kier alpha value is -4.42. The second kappa shape index (κ2) is 8.02. The molecule has 0 atom stereocenters. The number of carboxylic acid groups (broad SMARTS) is 1. The summed E-state index contributed by atoms with van der Waals surface area (Å²) in [7, 11) is 1.08. The summed E-state index contributed by atoms with van der Waals surface area (Å²) in [5.74, 6) is -3.69. The molecule has 1 heterocycles. The van der Waals surface area contributed by atoms with Gasteiger partial charge in [0.05, 0.1) is 28.9 Å². The summed E-state index contributed by atoms with van der Waals surface area (Å²) in [6.07, 6.45) is -4.32. The number of phenolic OH excluding ortho intramolecular Hbond substituents is 1. The van der Waals surface area contributed by atoms with Crippen molar-refractivity contribution >= 4 is 35.0 Å². The van der Waals surface area contributed by atoms with Gasteiger partial charge in [-0.1, -0.05) is 0 Å². The number of hydrogen-bond donors (Lipinski definition) is 2. The molecule has 0 saturated carbocycles. The number of methoxy groups -OCH3 is 1. The molecule has 1 amide bonds. The van der Waals surface area contributed by atoms with Crippen LogP contribution in [0.2, 0.25) is 0 Å². The number of aromatic hydroxyl groups is 1. The number of hydrazone groups is 1. The van der Waals surface area contributed by atoms with E-state index in [-0.39, 0.29) is 22.6 Å². The van der Waals surface area contributed by atoms with E-state index < -0.39 is 45.7 Å². The van der Waals surface area contributed by atoms with E-state index in [2.05, 4.69) is 5.10 Å². The van der Waals surface area contributed by atoms with Gasteiger partial charge in [0.15, 0.2) is 11.5 Å². The van der Waals surface area contributed by atoms with E-state index in [4.69, 9.17) is 9.84 Å². The molecule has 2 aromatic carbocycles. The Morgan fingerprint density at radius 1 is 1.25 bits per heavy atom. The van der Waals surface area contributed by atoms with Gasteiger partial charge in [0.25, 0.3) is 5.91 Å². The summed E-state index contributed by atoms with van der Waals surface area (Å²) in [5.41, 5.74) is -3.82. The number of alkyl halides is 3. The smallest absolute Gasteiger partial charge is 0.435 e. The molecule has 1 aliphatic heterocycles. The summed E-state index contributed by atoms with van der Waals surface area (Å²) in [4.78, 5) is 33.8. The Bertz CT molecular complexity index is 1190.